The normalized spacial score (nSPS) is 14.8. The molecule has 1 heterocycles. The standard InChI is InChI=1S/C33H30N4O6/c1-40-31-28(41-20-24-13-7-3-8-14-24)18-26(19-29(31)42-21-25-15-9-4-10-16-25)30(35-36-34)32(38)37-27(22-43-33(37)39)17-23-11-5-2-6-12-23/h2-16,18-19,27,30H,17,20-22H2,1H3/t27-,30+/m1/s1. The molecule has 43 heavy (non-hydrogen) atoms. The number of imide groups is 1. The number of cyclic esters (lactones) is 1. The number of rotatable bonds is 12. The van der Waals surface area contributed by atoms with Crippen molar-refractivity contribution in [3.05, 3.63) is 136 Å². The monoisotopic (exact) mass is 578 g/mol. The summed E-state index contributed by atoms with van der Waals surface area (Å²) >= 11 is 0. The molecular weight excluding hydrogens is 548 g/mol. The van der Waals surface area contributed by atoms with Crippen LogP contribution in [0, 0.1) is 0 Å². The van der Waals surface area contributed by atoms with Crippen LogP contribution in [0.5, 0.6) is 17.2 Å². The minimum atomic E-state index is -1.40. The first kappa shape index (κ1) is 29.0. The number of methoxy groups -OCH3 is 1. The molecule has 0 spiro atoms. The van der Waals surface area contributed by atoms with Gasteiger partial charge in [-0.3, -0.25) is 4.79 Å². The first-order chi connectivity index (χ1) is 21.1. The zero-order valence-corrected chi connectivity index (χ0v) is 23.5. The third-order valence-electron chi connectivity index (χ3n) is 6.95. The molecule has 1 aliphatic heterocycles. The van der Waals surface area contributed by atoms with Crippen molar-refractivity contribution in [3.63, 3.8) is 0 Å². The molecule has 0 aliphatic carbocycles. The molecule has 2 atom stereocenters. The lowest BCUT2D eigenvalue weighted by atomic mass is 10.0. The second-order valence-electron chi connectivity index (χ2n) is 9.84. The van der Waals surface area contributed by atoms with E-state index in [1.54, 1.807) is 12.1 Å². The Hall–Kier alpha value is -5.47. The quantitative estimate of drug-likeness (QED) is 0.104. The van der Waals surface area contributed by atoms with Crippen LogP contribution in [0.4, 0.5) is 4.79 Å². The van der Waals surface area contributed by atoms with Gasteiger partial charge >= 0.3 is 6.09 Å². The van der Waals surface area contributed by atoms with Gasteiger partial charge in [0, 0.05) is 4.91 Å². The first-order valence-corrected chi connectivity index (χ1v) is 13.7. The van der Waals surface area contributed by atoms with Crippen molar-refractivity contribution in [3.8, 4) is 17.2 Å². The number of amides is 2. The Kier molecular flexibility index (Phi) is 9.41. The highest BCUT2D eigenvalue weighted by atomic mass is 16.6. The summed E-state index contributed by atoms with van der Waals surface area (Å²) in [6, 6.07) is 29.7. The summed E-state index contributed by atoms with van der Waals surface area (Å²) in [6.07, 6.45) is -0.403. The number of carbonyl (C=O) groups is 2. The summed E-state index contributed by atoms with van der Waals surface area (Å²) in [5, 5.41) is 3.82. The van der Waals surface area contributed by atoms with Crippen molar-refractivity contribution in [1.82, 2.24) is 4.90 Å². The predicted molar refractivity (Wildman–Crippen MR) is 159 cm³/mol. The molecule has 0 radical (unpaired) electrons. The van der Waals surface area contributed by atoms with Crippen molar-refractivity contribution in [2.24, 2.45) is 5.11 Å². The highest BCUT2D eigenvalue weighted by molar-refractivity contribution is 5.97. The molecule has 1 saturated heterocycles. The Bertz CT molecular complexity index is 1530. The van der Waals surface area contributed by atoms with Gasteiger partial charge in [0.25, 0.3) is 0 Å². The van der Waals surface area contributed by atoms with E-state index in [4.69, 9.17) is 18.9 Å². The number of hydrogen-bond acceptors (Lipinski definition) is 7. The van der Waals surface area contributed by atoms with E-state index in [2.05, 4.69) is 10.0 Å². The molecule has 0 aromatic heterocycles. The maximum atomic E-state index is 13.9. The lowest BCUT2D eigenvalue weighted by molar-refractivity contribution is -0.130. The SMILES string of the molecule is COc1c(OCc2ccccc2)cc([C@H](N=[N+]=[N-])C(=O)N2C(=O)OC[C@H]2Cc2ccccc2)cc1OCc1ccccc1. The summed E-state index contributed by atoms with van der Waals surface area (Å²) in [5.74, 6) is 0.157. The third-order valence-corrected chi connectivity index (χ3v) is 6.95. The number of nitrogens with zero attached hydrogens (tertiary/aromatic N) is 4. The molecule has 10 heteroatoms. The Morgan fingerprint density at radius 1 is 0.907 bits per heavy atom. The summed E-state index contributed by atoms with van der Waals surface area (Å²) in [4.78, 5) is 30.7. The van der Waals surface area contributed by atoms with Crippen molar-refractivity contribution < 1.29 is 28.5 Å². The fourth-order valence-electron chi connectivity index (χ4n) is 4.85. The Morgan fingerprint density at radius 2 is 1.42 bits per heavy atom. The molecule has 1 aliphatic rings. The molecular formula is C33H30N4O6. The zero-order valence-electron chi connectivity index (χ0n) is 23.5. The molecule has 4 aromatic carbocycles. The number of hydrogen-bond donors (Lipinski definition) is 0. The second-order valence-corrected chi connectivity index (χ2v) is 9.84. The minimum Gasteiger partial charge on any atom is -0.490 e. The number of carbonyl (C=O) groups excluding carboxylic acids is 2. The van der Waals surface area contributed by atoms with Gasteiger partial charge in [0.2, 0.25) is 11.7 Å². The summed E-state index contributed by atoms with van der Waals surface area (Å²) in [7, 11) is 1.49. The Morgan fingerprint density at radius 3 is 1.91 bits per heavy atom. The summed E-state index contributed by atoms with van der Waals surface area (Å²) < 4.78 is 23.2. The predicted octanol–water partition coefficient (Wildman–Crippen LogP) is 6.79. The van der Waals surface area contributed by atoms with Crippen LogP contribution in [-0.4, -0.2) is 36.7 Å². The van der Waals surface area contributed by atoms with Gasteiger partial charge in [0.1, 0.15) is 25.9 Å². The van der Waals surface area contributed by atoms with E-state index in [-0.39, 0.29) is 36.9 Å². The van der Waals surface area contributed by atoms with E-state index < -0.39 is 24.1 Å². The van der Waals surface area contributed by atoms with Gasteiger partial charge in [-0.1, -0.05) is 96.1 Å². The Labute approximate surface area is 249 Å². The highest BCUT2D eigenvalue weighted by Crippen LogP contribution is 2.42. The van der Waals surface area contributed by atoms with Gasteiger partial charge in [0.05, 0.1) is 13.2 Å². The maximum Gasteiger partial charge on any atom is 0.417 e. The lowest BCUT2D eigenvalue weighted by Crippen LogP contribution is -2.42. The third kappa shape index (κ3) is 7.06. The van der Waals surface area contributed by atoms with Crippen LogP contribution in [0.3, 0.4) is 0 Å². The average Bonchev–Trinajstić information content (AvgIpc) is 3.41. The van der Waals surface area contributed by atoms with Gasteiger partial charge < -0.3 is 18.9 Å². The zero-order chi connectivity index (χ0) is 30.0. The van der Waals surface area contributed by atoms with Gasteiger partial charge in [-0.2, -0.15) is 0 Å². The van der Waals surface area contributed by atoms with Gasteiger partial charge in [-0.25, -0.2) is 9.69 Å². The van der Waals surface area contributed by atoms with Crippen molar-refractivity contribution in [2.75, 3.05) is 13.7 Å². The second kappa shape index (κ2) is 13.9. The van der Waals surface area contributed by atoms with Crippen LogP contribution in [-0.2, 0) is 29.2 Å². The number of benzene rings is 4. The molecule has 0 saturated carbocycles. The molecule has 4 aromatic rings. The summed E-state index contributed by atoms with van der Waals surface area (Å²) in [6.45, 7) is 0.439. The van der Waals surface area contributed by atoms with E-state index in [1.807, 2.05) is 91.0 Å². The minimum absolute atomic E-state index is 0.0297. The average molecular weight is 579 g/mol. The number of ether oxygens (including phenoxy) is 4. The molecule has 0 N–H and O–H groups in total. The van der Waals surface area contributed by atoms with Gasteiger partial charge in [0.15, 0.2) is 11.5 Å². The first-order valence-electron chi connectivity index (χ1n) is 13.7. The van der Waals surface area contributed by atoms with Crippen LogP contribution in [0.25, 0.3) is 10.4 Å². The van der Waals surface area contributed by atoms with E-state index in [9.17, 15) is 15.1 Å². The van der Waals surface area contributed by atoms with Crippen molar-refractivity contribution in [2.45, 2.75) is 31.7 Å². The van der Waals surface area contributed by atoms with Crippen LogP contribution < -0.4 is 14.2 Å². The highest BCUT2D eigenvalue weighted by Gasteiger charge is 2.41. The van der Waals surface area contributed by atoms with Crippen LogP contribution >= 0.6 is 0 Å². The van der Waals surface area contributed by atoms with Crippen LogP contribution in [0.1, 0.15) is 28.3 Å². The van der Waals surface area contributed by atoms with Crippen molar-refractivity contribution >= 4 is 12.0 Å². The molecule has 1 fully saturated rings. The largest absolute Gasteiger partial charge is 0.490 e. The van der Waals surface area contributed by atoms with Crippen molar-refractivity contribution in [1.29, 1.82) is 0 Å². The summed E-state index contributed by atoms with van der Waals surface area (Å²) in [5.41, 5.74) is 12.5. The van der Waals surface area contributed by atoms with Gasteiger partial charge in [-0.05, 0) is 46.3 Å². The van der Waals surface area contributed by atoms with E-state index >= 15 is 0 Å². The van der Waals surface area contributed by atoms with Crippen LogP contribution in [0.15, 0.2) is 108 Å². The van der Waals surface area contributed by atoms with Gasteiger partial charge in [-0.15, -0.1) is 0 Å². The number of azide groups is 1. The molecule has 5 rings (SSSR count). The van der Waals surface area contributed by atoms with E-state index in [0.717, 1.165) is 21.6 Å². The smallest absolute Gasteiger partial charge is 0.417 e. The Balaban J connectivity index is 1.50. The topological polar surface area (TPSA) is 123 Å². The maximum absolute atomic E-state index is 13.9. The molecule has 0 bridgehead atoms. The van der Waals surface area contributed by atoms with E-state index in [1.165, 1.54) is 7.11 Å². The lowest BCUT2D eigenvalue weighted by Gasteiger charge is -2.24. The molecule has 218 valence electrons. The fraction of sp³-hybridized carbons (Fsp3) is 0.212. The fourth-order valence-corrected chi connectivity index (χ4v) is 4.85. The van der Waals surface area contributed by atoms with E-state index in [0.29, 0.717) is 12.2 Å². The van der Waals surface area contributed by atoms with Crippen LogP contribution in [0.2, 0.25) is 0 Å². The molecule has 10 nitrogen and oxygen atoms in total. The molecule has 2 amide bonds. The molecule has 0 unspecified atom stereocenters.